The number of ether oxygens (including phenoxy) is 2. The first-order valence-electron chi connectivity index (χ1n) is 10.4. The number of nitrogens with one attached hydrogen (secondary N) is 1. The van der Waals surface area contributed by atoms with Gasteiger partial charge in [-0.25, -0.2) is 0 Å². The van der Waals surface area contributed by atoms with Crippen LogP contribution in [0.4, 0.5) is 5.69 Å². The van der Waals surface area contributed by atoms with Crippen LogP contribution in [0.1, 0.15) is 5.56 Å². The number of nitrogens with zero attached hydrogens (tertiary/aromatic N) is 3. The summed E-state index contributed by atoms with van der Waals surface area (Å²) < 4.78 is 12.5. The Morgan fingerprint density at radius 2 is 1.62 bits per heavy atom. The Kier molecular flexibility index (Phi) is 7.40. The van der Waals surface area contributed by atoms with Crippen molar-refractivity contribution in [3.8, 4) is 28.6 Å². The van der Waals surface area contributed by atoms with Gasteiger partial charge in [0, 0.05) is 40.2 Å². The number of hydrogen-bond acceptors (Lipinski definition) is 6. The van der Waals surface area contributed by atoms with Crippen molar-refractivity contribution in [3.05, 3.63) is 77.3 Å². The first-order chi connectivity index (χ1) is 16.5. The summed E-state index contributed by atoms with van der Waals surface area (Å²) in [6.07, 6.45) is 0. The number of rotatable bonds is 8. The van der Waals surface area contributed by atoms with E-state index >= 15 is 0 Å². The van der Waals surface area contributed by atoms with Gasteiger partial charge >= 0.3 is 0 Å². The maximum Gasteiger partial charge on any atom is 0.234 e. The predicted molar refractivity (Wildman–Crippen MR) is 135 cm³/mol. The molecule has 34 heavy (non-hydrogen) atoms. The van der Waals surface area contributed by atoms with Crippen LogP contribution in [0.2, 0.25) is 5.02 Å². The van der Waals surface area contributed by atoms with Crippen LogP contribution in [0.3, 0.4) is 0 Å². The van der Waals surface area contributed by atoms with Crippen molar-refractivity contribution in [2.24, 2.45) is 0 Å². The summed E-state index contributed by atoms with van der Waals surface area (Å²) in [5.41, 5.74) is 3.51. The first-order valence-corrected chi connectivity index (χ1v) is 11.8. The number of halogens is 1. The Morgan fingerprint density at radius 3 is 2.24 bits per heavy atom. The average Bonchev–Trinajstić information content (AvgIpc) is 3.27. The van der Waals surface area contributed by atoms with Crippen LogP contribution in [0.25, 0.3) is 17.1 Å². The van der Waals surface area contributed by atoms with E-state index in [9.17, 15) is 4.79 Å². The molecule has 0 aliphatic rings. The van der Waals surface area contributed by atoms with Crippen molar-refractivity contribution in [3.63, 3.8) is 0 Å². The summed E-state index contributed by atoms with van der Waals surface area (Å²) in [7, 11) is 3.12. The number of anilines is 1. The van der Waals surface area contributed by atoms with E-state index in [0.29, 0.717) is 33.2 Å². The summed E-state index contributed by atoms with van der Waals surface area (Å²) >= 11 is 7.36. The number of carbonyl (C=O) groups excluding carboxylic acids is 1. The lowest BCUT2D eigenvalue weighted by Crippen LogP contribution is -2.14. The van der Waals surface area contributed by atoms with Crippen molar-refractivity contribution in [2.45, 2.75) is 12.1 Å². The fraction of sp³-hybridized carbons (Fsp3) is 0.160. The van der Waals surface area contributed by atoms with Gasteiger partial charge in [-0.3, -0.25) is 9.36 Å². The van der Waals surface area contributed by atoms with Crippen LogP contribution in [0.5, 0.6) is 11.5 Å². The normalized spacial score (nSPS) is 10.7. The lowest BCUT2D eigenvalue weighted by atomic mass is 10.2. The molecule has 9 heteroatoms. The molecule has 0 atom stereocenters. The minimum Gasteiger partial charge on any atom is -0.497 e. The lowest BCUT2D eigenvalue weighted by Gasteiger charge is -2.12. The highest BCUT2D eigenvalue weighted by Gasteiger charge is 2.18. The molecule has 1 N–H and O–H groups in total. The van der Waals surface area contributed by atoms with E-state index in [1.807, 2.05) is 60.0 Å². The molecule has 174 valence electrons. The first kappa shape index (κ1) is 23.7. The standard InChI is InChI=1S/C25H23ClN4O3S/c1-16-4-10-20(11-5-16)30-24(17-6-8-18(26)9-7-17)28-29-25(30)34-15-23(31)27-19-12-21(32-2)14-22(13-19)33-3/h4-14H,15H2,1-3H3,(H,27,31). The number of methoxy groups -OCH3 is 2. The van der Waals surface area contributed by atoms with Crippen LogP contribution < -0.4 is 14.8 Å². The van der Waals surface area contributed by atoms with Gasteiger partial charge in [0.25, 0.3) is 0 Å². The van der Waals surface area contributed by atoms with E-state index in [2.05, 4.69) is 15.5 Å². The number of aryl methyl sites for hydroxylation is 1. The summed E-state index contributed by atoms with van der Waals surface area (Å²) in [6, 6.07) is 20.7. The molecule has 0 aliphatic heterocycles. The Balaban J connectivity index is 1.58. The fourth-order valence-corrected chi connectivity index (χ4v) is 4.16. The monoisotopic (exact) mass is 494 g/mol. The van der Waals surface area contributed by atoms with Gasteiger partial charge in [-0.05, 0) is 43.3 Å². The topological polar surface area (TPSA) is 78.3 Å². The molecular weight excluding hydrogens is 472 g/mol. The zero-order valence-corrected chi connectivity index (χ0v) is 20.5. The zero-order valence-electron chi connectivity index (χ0n) is 18.9. The number of carbonyl (C=O) groups is 1. The van der Waals surface area contributed by atoms with E-state index < -0.39 is 0 Å². The Hall–Kier alpha value is -3.49. The predicted octanol–water partition coefficient (Wildman–Crippen LogP) is 5.64. The number of amides is 1. The van der Waals surface area contributed by atoms with Gasteiger partial charge in [0.15, 0.2) is 11.0 Å². The SMILES string of the molecule is COc1cc(NC(=O)CSc2nnc(-c3ccc(Cl)cc3)n2-c2ccc(C)cc2)cc(OC)c1. The van der Waals surface area contributed by atoms with Crippen LogP contribution in [-0.2, 0) is 4.79 Å². The highest BCUT2D eigenvalue weighted by molar-refractivity contribution is 7.99. The van der Waals surface area contributed by atoms with E-state index in [1.165, 1.54) is 11.8 Å². The average molecular weight is 495 g/mol. The molecule has 4 rings (SSSR count). The molecule has 4 aromatic rings. The number of thioether (sulfide) groups is 1. The Bertz CT molecular complexity index is 1270. The second-order valence-electron chi connectivity index (χ2n) is 7.42. The molecule has 0 saturated heterocycles. The Labute approximate surface area is 207 Å². The van der Waals surface area contributed by atoms with Gasteiger partial charge in [-0.1, -0.05) is 41.1 Å². The molecule has 0 fully saturated rings. The molecule has 0 spiro atoms. The molecular formula is C25H23ClN4O3S. The molecule has 0 saturated carbocycles. The summed E-state index contributed by atoms with van der Waals surface area (Å²) in [5, 5.41) is 12.9. The number of benzene rings is 3. The number of hydrogen-bond donors (Lipinski definition) is 1. The van der Waals surface area contributed by atoms with Crippen LogP contribution >= 0.6 is 23.4 Å². The molecule has 0 radical (unpaired) electrons. The third-order valence-corrected chi connectivity index (χ3v) is 6.18. The van der Waals surface area contributed by atoms with Gasteiger partial charge in [0.1, 0.15) is 11.5 Å². The van der Waals surface area contributed by atoms with Gasteiger partial charge in [-0.15, -0.1) is 10.2 Å². The van der Waals surface area contributed by atoms with Crippen LogP contribution in [-0.4, -0.2) is 40.6 Å². The molecule has 0 aliphatic carbocycles. The molecule has 3 aromatic carbocycles. The third kappa shape index (κ3) is 5.52. The highest BCUT2D eigenvalue weighted by Crippen LogP contribution is 2.30. The minimum atomic E-state index is -0.188. The van der Waals surface area contributed by atoms with Crippen molar-refractivity contribution in [1.29, 1.82) is 0 Å². The van der Waals surface area contributed by atoms with Gasteiger partial charge < -0.3 is 14.8 Å². The van der Waals surface area contributed by atoms with Gasteiger partial charge in [-0.2, -0.15) is 0 Å². The minimum absolute atomic E-state index is 0.143. The summed E-state index contributed by atoms with van der Waals surface area (Å²) in [4.78, 5) is 12.7. The smallest absolute Gasteiger partial charge is 0.234 e. The highest BCUT2D eigenvalue weighted by atomic mass is 35.5. The lowest BCUT2D eigenvalue weighted by molar-refractivity contribution is -0.113. The van der Waals surface area contributed by atoms with Crippen LogP contribution in [0.15, 0.2) is 71.9 Å². The third-order valence-electron chi connectivity index (χ3n) is 5.00. The molecule has 1 aromatic heterocycles. The van der Waals surface area contributed by atoms with E-state index in [1.54, 1.807) is 32.4 Å². The maximum atomic E-state index is 12.7. The van der Waals surface area contributed by atoms with Gasteiger partial charge in [0.05, 0.1) is 20.0 Å². The maximum absolute atomic E-state index is 12.7. The van der Waals surface area contributed by atoms with Gasteiger partial charge in [0.2, 0.25) is 5.91 Å². The quantitative estimate of drug-likeness (QED) is 0.319. The van der Waals surface area contributed by atoms with E-state index in [0.717, 1.165) is 16.8 Å². The van der Waals surface area contributed by atoms with Crippen molar-refractivity contribution in [1.82, 2.24) is 14.8 Å². The van der Waals surface area contributed by atoms with Crippen LogP contribution in [0, 0.1) is 6.92 Å². The largest absolute Gasteiger partial charge is 0.497 e. The molecule has 7 nitrogen and oxygen atoms in total. The zero-order chi connectivity index (χ0) is 24.1. The van der Waals surface area contributed by atoms with Crippen molar-refractivity contribution < 1.29 is 14.3 Å². The molecule has 1 heterocycles. The fourth-order valence-electron chi connectivity index (χ4n) is 3.28. The summed E-state index contributed by atoms with van der Waals surface area (Å²) in [6.45, 7) is 2.03. The van der Waals surface area contributed by atoms with Crippen molar-refractivity contribution >= 4 is 35.0 Å². The Morgan fingerprint density at radius 1 is 0.971 bits per heavy atom. The van der Waals surface area contributed by atoms with Crippen molar-refractivity contribution in [2.75, 3.05) is 25.3 Å². The second-order valence-corrected chi connectivity index (χ2v) is 8.80. The number of aromatic nitrogens is 3. The summed E-state index contributed by atoms with van der Waals surface area (Å²) in [5.74, 6) is 1.81. The molecule has 1 amide bonds. The van der Waals surface area contributed by atoms with E-state index in [-0.39, 0.29) is 11.7 Å². The molecule has 0 bridgehead atoms. The molecule has 0 unspecified atom stereocenters. The van der Waals surface area contributed by atoms with E-state index in [4.69, 9.17) is 21.1 Å². The second kappa shape index (κ2) is 10.6.